The van der Waals surface area contributed by atoms with Crippen molar-refractivity contribution in [3.63, 3.8) is 0 Å². The second-order valence-corrected chi connectivity index (χ2v) is 6.67. The Bertz CT molecular complexity index is 866. The number of aromatic nitrogens is 2. The molecule has 1 amide bonds. The van der Waals surface area contributed by atoms with Gasteiger partial charge in [0.1, 0.15) is 17.2 Å². The Morgan fingerprint density at radius 1 is 1.40 bits per heavy atom. The summed E-state index contributed by atoms with van der Waals surface area (Å²) in [6, 6.07) is 7.49. The van der Waals surface area contributed by atoms with Gasteiger partial charge in [0.25, 0.3) is 0 Å². The van der Waals surface area contributed by atoms with Crippen LogP contribution in [0.25, 0.3) is 11.0 Å². The Kier molecular flexibility index (Phi) is 4.36. The molecule has 0 saturated carbocycles. The highest BCUT2D eigenvalue weighted by atomic mass is 35.5. The van der Waals surface area contributed by atoms with Crippen molar-refractivity contribution in [1.29, 1.82) is 0 Å². The summed E-state index contributed by atoms with van der Waals surface area (Å²) in [7, 11) is 0. The maximum Gasteiger partial charge on any atom is 0.223 e. The quantitative estimate of drug-likeness (QED) is 0.750. The standard InChI is InChI=1S/C18H19ClN4O2/c19-15-10-16(22-17-14(15)3-6-20-17)23-7-4-12(5-8-23)18(24)21-11-13-2-1-9-25-13/h1-3,6,9-10,12H,4-5,7-8,11H2,(H,20,22)(H,21,24). The van der Waals surface area contributed by atoms with E-state index in [9.17, 15) is 4.79 Å². The molecule has 1 fully saturated rings. The van der Waals surface area contributed by atoms with Gasteiger partial charge < -0.3 is 19.6 Å². The van der Waals surface area contributed by atoms with Gasteiger partial charge >= 0.3 is 0 Å². The number of carbonyl (C=O) groups excluding carboxylic acids is 1. The van der Waals surface area contributed by atoms with Crippen LogP contribution in [0.5, 0.6) is 0 Å². The molecular weight excluding hydrogens is 340 g/mol. The number of carbonyl (C=O) groups is 1. The summed E-state index contributed by atoms with van der Waals surface area (Å²) in [6.45, 7) is 2.01. The minimum Gasteiger partial charge on any atom is -0.467 e. The predicted octanol–water partition coefficient (Wildman–Crippen LogP) is 3.34. The molecule has 0 spiro atoms. The molecule has 1 saturated heterocycles. The van der Waals surface area contributed by atoms with E-state index in [2.05, 4.69) is 20.2 Å². The van der Waals surface area contributed by atoms with Gasteiger partial charge in [-0.1, -0.05) is 11.6 Å². The lowest BCUT2D eigenvalue weighted by Gasteiger charge is -2.32. The Balaban J connectivity index is 1.36. The van der Waals surface area contributed by atoms with E-state index in [0.717, 1.165) is 48.5 Å². The smallest absolute Gasteiger partial charge is 0.223 e. The Labute approximate surface area is 150 Å². The zero-order valence-corrected chi connectivity index (χ0v) is 14.4. The van der Waals surface area contributed by atoms with E-state index in [4.69, 9.17) is 16.0 Å². The van der Waals surface area contributed by atoms with Crippen LogP contribution >= 0.6 is 11.6 Å². The minimum atomic E-state index is 0.0240. The zero-order chi connectivity index (χ0) is 17.2. The highest BCUT2D eigenvalue weighted by Crippen LogP contribution is 2.28. The summed E-state index contributed by atoms with van der Waals surface area (Å²) < 4.78 is 5.24. The van der Waals surface area contributed by atoms with Crippen LogP contribution < -0.4 is 10.2 Å². The van der Waals surface area contributed by atoms with E-state index in [1.807, 2.05) is 30.5 Å². The third kappa shape index (κ3) is 3.35. The van der Waals surface area contributed by atoms with Gasteiger partial charge in [-0.15, -0.1) is 0 Å². The van der Waals surface area contributed by atoms with Crippen LogP contribution in [-0.4, -0.2) is 29.0 Å². The maximum absolute atomic E-state index is 12.3. The minimum absolute atomic E-state index is 0.0240. The molecule has 130 valence electrons. The van der Waals surface area contributed by atoms with Gasteiger partial charge in [0.2, 0.25) is 5.91 Å². The van der Waals surface area contributed by atoms with Crippen molar-refractivity contribution in [3.8, 4) is 0 Å². The van der Waals surface area contributed by atoms with E-state index in [-0.39, 0.29) is 11.8 Å². The molecule has 6 nitrogen and oxygen atoms in total. The summed E-state index contributed by atoms with van der Waals surface area (Å²) in [6.07, 6.45) is 5.04. The molecule has 3 aromatic heterocycles. The summed E-state index contributed by atoms with van der Waals surface area (Å²) >= 11 is 6.33. The van der Waals surface area contributed by atoms with Crippen molar-refractivity contribution in [2.45, 2.75) is 19.4 Å². The number of rotatable bonds is 4. The van der Waals surface area contributed by atoms with Crippen LogP contribution in [0, 0.1) is 5.92 Å². The van der Waals surface area contributed by atoms with E-state index >= 15 is 0 Å². The number of H-pyrrole nitrogens is 1. The molecule has 7 heteroatoms. The molecular formula is C18H19ClN4O2. The number of fused-ring (bicyclic) bond motifs is 1. The number of anilines is 1. The first-order valence-electron chi connectivity index (χ1n) is 8.39. The molecule has 25 heavy (non-hydrogen) atoms. The molecule has 2 N–H and O–H groups in total. The van der Waals surface area contributed by atoms with Crippen molar-refractivity contribution in [3.05, 3.63) is 47.5 Å². The highest BCUT2D eigenvalue weighted by Gasteiger charge is 2.26. The number of furan rings is 1. The van der Waals surface area contributed by atoms with Crippen molar-refractivity contribution >= 4 is 34.4 Å². The predicted molar refractivity (Wildman–Crippen MR) is 96.6 cm³/mol. The molecule has 0 unspecified atom stereocenters. The number of pyridine rings is 1. The fourth-order valence-electron chi connectivity index (χ4n) is 3.25. The zero-order valence-electron chi connectivity index (χ0n) is 13.7. The van der Waals surface area contributed by atoms with Crippen LogP contribution in [0.1, 0.15) is 18.6 Å². The largest absolute Gasteiger partial charge is 0.467 e. The van der Waals surface area contributed by atoms with Gasteiger partial charge in [-0.2, -0.15) is 0 Å². The first-order valence-corrected chi connectivity index (χ1v) is 8.77. The molecule has 4 rings (SSSR count). The Morgan fingerprint density at radius 3 is 3.00 bits per heavy atom. The number of piperidine rings is 1. The van der Waals surface area contributed by atoms with Gasteiger partial charge in [-0.3, -0.25) is 4.79 Å². The highest BCUT2D eigenvalue weighted by molar-refractivity contribution is 6.35. The van der Waals surface area contributed by atoms with Gasteiger partial charge in [0.15, 0.2) is 0 Å². The van der Waals surface area contributed by atoms with Crippen molar-refractivity contribution in [2.75, 3.05) is 18.0 Å². The second kappa shape index (κ2) is 6.80. The average molecular weight is 359 g/mol. The molecule has 0 atom stereocenters. The van der Waals surface area contributed by atoms with Crippen LogP contribution in [-0.2, 0) is 11.3 Å². The molecule has 0 bridgehead atoms. The number of nitrogens with zero attached hydrogens (tertiary/aromatic N) is 2. The first kappa shape index (κ1) is 16.0. The Hall–Kier alpha value is -2.47. The molecule has 0 aromatic carbocycles. The number of hydrogen-bond acceptors (Lipinski definition) is 4. The number of halogens is 1. The molecule has 0 radical (unpaired) electrons. The lowest BCUT2D eigenvalue weighted by atomic mass is 9.96. The molecule has 1 aliphatic rings. The fourth-order valence-corrected chi connectivity index (χ4v) is 3.50. The molecule has 1 aliphatic heterocycles. The average Bonchev–Trinajstić information content (AvgIpc) is 3.31. The topological polar surface area (TPSA) is 74.2 Å². The first-order chi connectivity index (χ1) is 12.2. The van der Waals surface area contributed by atoms with E-state index in [1.165, 1.54) is 0 Å². The monoisotopic (exact) mass is 358 g/mol. The van der Waals surface area contributed by atoms with Gasteiger partial charge in [0, 0.05) is 36.7 Å². The van der Waals surface area contributed by atoms with Crippen LogP contribution in [0.2, 0.25) is 5.02 Å². The van der Waals surface area contributed by atoms with E-state index in [0.29, 0.717) is 11.6 Å². The normalized spacial score (nSPS) is 15.6. The lowest BCUT2D eigenvalue weighted by Crippen LogP contribution is -2.40. The van der Waals surface area contributed by atoms with Crippen molar-refractivity contribution in [1.82, 2.24) is 15.3 Å². The third-order valence-electron chi connectivity index (χ3n) is 4.67. The van der Waals surface area contributed by atoms with Crippen LogP contribution in [0.4, 0.5) is 5.82 Å². The maximum atomic E-state index is 12.3. The summed E-state index contributed by atoms with van der Waals surface area (Å²) in [5, 5.41) is 4.57. The number of hydrogen-bond donors (Lipinski definition) is 2. The number of aromatic amines is 1. The molecule has 0 aliphatic carbocycles. The summed E-state index contributed by atoms with van der Waals surface area (Å²) in [4.78, 5) is 22.2. The van der Waals surface area contributed by atoms with Gasteiger partial charge in [0.05, 0.1) is 17.8 Å². The summed E-state index contributed by atoms with van der Waals surface area (Å²) in [5.41, 5.74) is 0.792. The fraction of sp³-hybridized carbons (Fsp3) is 0.333. The van der Waals surface area contributed by atoms with E-state index < -0.39 is 0 Å². The van der Waals surface area contributed by atoms with Gasteiger partial charge in [-0.05, 0) is 31.0 Å². The van der Waals surface area contributed by atoms with Gasteiger partial charge in [-0.25, -0.2) is 4.98 Å². The molecule has 3 aromatic rings. The SMILES string of the molecule is O=C(NCc1ccco1)C1CCN(c2cc(Cl)c3cc[nH]c3n2)CC1. The van der Waals surface area contributed by atoms with Crippen molar-refractivity contribution < 1.29 is 9.21 Å². The summed E-state index contributed by atoms with van der Waals surface area (Å²) in [5.74, 6) is 1.73. The third-order valence-corrected chi connectivity index (χ3v) is 4.98. The lowest BCUT2D eigenvalue weighted by molar-refractivity contribution is -0.125. The second-order valence-electron chi connectivity index (χ2n) is 6.26. The van der Waals surface area contributed by atoms with Crippen LogP contribution in [0.15, 0.2) is 41.1 Å². The van der Waals surface area contributed by atoms with Crippen LogP contribution in [0.3, 0.4) is 0 Å². The van der Waals surface area contributed by atoms with Crippen molar-refractivity contribution in [2.24, 2.45) is 5.92 Å². The number of amides is 1. The molecule has 4 heterocycles. The number of nitrogens with one attached hydrogen (secondary N) is 2. The Morgan fingerprint density at radius 2 is 2.24 bits per heavy atom. The van der Waals surface area contributed by atoms with E-state index in [1.54, 1.807) is 6.26 Å².